The molecule has 0 bridgehead atoms. The normalized spacial score (nSPS) is 10.6. The van der Waals surface area contributed by atoms with Crippen molar-refractivity contribution in [2.24, 2.45) is 0 Å². The molecular formula is C11H10FN3O3S. The van der Waals surface area contributed by atoms with Gasteiger partial charge in [-0.2, -0.15) is 0 Å². The van der Waals surface area contributed by atoms with Gasteiger partial charge in [-0.15, -0.1) is 5.10 Å². The van der Waals surface area contributed by atoms with Gasteiger partial charge in [0.05, 0.1) is 11.4 Å². The third-order valence-corrected chi connectivity index (χ3v) is 3.30. The summed E-state index contributed by atoms with van der Waals surface area (Å²) >= 11 is 0.843. The van der Waals surface area contributed by atoms with Crippen molar-refractivity contribution < 1.29 is 14.3 Å². The molecule has 0 saturated heterocycles. The minimum Gasteiger partial charge on any atom is -0.481 e. The third-order valence-electron chi connectivity index (χ3n) is 2.38. The zero-order valence-electron chi connectivity index (χ0n) is 9.88. The highest BCUT2D eigenvalue weighted by atomic mass is 32.2. The van der Waals surface area contributed by atoms with Crippen LogP contribution in [0.2, 0.25) is 0 Å². The number of carboxylic acids is 1. The lowest BCUT2D eigenvalue weighted by atomic mass is 10.2. The molecule has 0 aliphatic rings. The lowest BCUT2D eigenvalue weighted by molar-refractivity contribution is -0.133. The number of aromatic nitrogens is 3. The molecule has 8 heteroatoms. The van der Waals surface area contributed by atoms with Gasteiger partial charge < -0.3 is 5.11 Å². The van der Waals surface area contributed by atoms with Crippen molar-refractivity contribution in [3.8, 4) is 5.69 Å². The number of aromatic amines is 1. The molecule has 0 unspecified atom stereocenters. The van der Waals surface area contributed by atoms with Crippen LogP contribution in [0.5, 0.6) is 0 Å². The Morgan fingerprint density at radius 2 is 2.32 bits per heavy atom. The van der Waals surface area contributed by atoms with Gasteiger partial charge in [0.2, 0.25) is 0 Å². The van der Waals surface area contributed by atoms with E-state index in [0.717, 1.165) is 16.3 Å². The largest absolute Gasteiger partial charge is 0.481 e. The molecule has 2 aromatic rings. The summed E-state index contributed by atoms with van der Waals surface area (Å²) in [6.45, 7) is 1.66. The van der Waals surface area contributed by atoms with Crippen molar-refractivity contribution in [3.05, 3.63) is 40.1 Å². The number of para-hydroxylation sites is 1. The fourth-order valence-corrected chi connectivity index (χ4v) is 2.28. The predicted molar refractivity (Wildman–Crippen MR) is 67.2 cm³/mol. The number of benzene rings is 1. The van der Waals surface area contributed by atoms with E-state index in [1.54, 1.807) is 13.0 Å². The molecule has 0 aliphatic carbocycles. The monoisotopic (exact) mass is 283 g/mol. The molecule has 2 rings (SSSR count). The molecular weight excluding hydrogens is 273 g/mol. The van der Waals surface area contributed by atoms with Crippen molar-refractivity contribution in [2.45, 2.75) is 12.1 Å². The number of thioether (sulfide) groups is 1. The molecule has 1 aromatic heterocycles. The number of halogens is 1. The number of carboxylic acid groups (broad SMARTS) is 1. The second-order valence-electron chi connectivity index (χ2n) is 3.73. The lowest BCUT2D eigenvalue weighted by Crippen LogP contribution is -2.18. The van der Waals surface area contributed by atoms with Crippen molar-refractivity contribution >= 4 is 17.7 Å². The number of rotatable bonds is 4. The maximum absolute atomic E-state index is 13.8. The molecule has 0 saturated carbocycles. The van der Waals surface area contributed by atoms with E-state index in [4.69, 9.17) is 5.11 Å². The van der Waals surface area contributed by atoms with Gasteiger partial charge in [0.25, 0.3) is 0 Å². The highest BCUT2D eigenvalue weighted by Crippen LogP contribution is 2.22. The standard InChI is InChI=1S/C11H10FN3O3S/c1-6-3-2-4-7(12)9(6)15-10(18)13-14-11(15)19-5-8(16)17/h2-4H,5H2,1H3,(H,13,18)(H,16,17). The van der Waals surface area contributed by atoms with Crippen LogP contribution in [-0.2, 0) is 4.79 Å². The van der Waals surface area contributed by atoms with Gasteiger partial charge in [0, 0.05) is 0 Å². The van der Waals surface area contributed by atoms with Crippen molar-refractivity contribution in [3.63, 3.8) is 0 Å². The Morgan fingerprint density at radius 3 is 2.95 bits per heavy atom. The quantitative estimate of drug-likeness (QED) is 0.823. The highest BCUT2D eigenvalue weighted by Gasteiger charge is 2.17. The Kier molecular flexibility index (Phi) is 3.70. The second-order valence-corrected chi connectivity index (χ2v) is 4.68. The van der Waals surface area contributed by atoms with Gasteiger partial charge in [-0.25, -0.2) is 18.9 Å². The number of hydrogen-bond acceptors (Lipinski definition) is 4. The Morgan fingerprint density at radius 1 is 1.58 bits per heavy atom. The summed E-state index contributed by atoms with van der Waals surface area (Å²) in [7, 11) is 0. The molecule has 0 atom stereocenters. The lowest BCUT2D eigenvalue weighted by Gasteiger charge is -2.08. The van der Waals surface area contributed by atoms with Gasteiger partial charge in [-0.1, -0.05) is 23.9 Å². The van der Waals surface area contributed by atoms with Gasteiger partial charge >= 0.3 is 11.7 Å². The van der Waals surface area contributed by atoms with Gasteiger partial charge in [-0.05, 0) is 18.6 Å². The van der Waals surface area contributed by atoms with E-state index in [2.05, 4.69) is 10.2 Å². The van der Waals surface area contributed by atoms with E-state index >= 15 is 0 Å². The summed E-state index contributed by atoms with van der Waals surface area (Å²) in [5.41, 5.74) is 0.0240. The van der Waals surface area contributed by atoms with Crippen LogP contribution in [0.4, 0.5) is 4.39 Å². The van der Waals surface area contributed by atoms with E-state index in [-0.39, 0.29) is 16.6 Å². The number of H-pyrrole nitrogens is 1. The molecule has 1 aromatic carbocycles. The van der Waals surface area contributed by atoms with Crippen molar-refractivity contribution in [1.82, 2.24) is 14.8 Å². The summed E-state index contributed by atoms with van der Waals surface area (Å²) in [6.07, 6.45) is 0. The zero-order chi connectivity index (χ0) is 14.0. The Hall–Kier alpha value is -2.09. The molecule has 0 aliphatic heterocycles. The second kappa shape index (κ2) is 5.27. The fraction of sp³-hybridized carbons (Fsp3) is 0.182. The molecule has 0 spiro atoms. The van der Waals surface area contributed by atoms with Crippen LogP contribution >= 0.6 is 11.8 Å². The van der Waals surface area contributed by atoms with Crippen LogP contribution in [0.1, 0.15) is 5.56 Å². The van der Waals surface area contributed by atoms with Crippen LogP contribution in [-0.4, -0.2) is 31.6 Å². The molecule has 0 amide bonds. The van der Waals surface area contributed by atoms with E-state index in [1.165, 1.54) is 12.1 Å². The Balaban J connectivity index is 2.53. The zero-order valence-corrected chi connectivity index (χ0v) is 10.7. The summed E-state index contributed by atoms with van der Waals surface area (Å²) in [6, 6.07) is 4.42. The van der Waals surface area contributed by atoms with Crippen molar-refractivity contribution in [1.29, 1.82) is 0 Å². The van der Waals surface area contributed by atoms with Crippen LogP contribution in [0, 0.1) is 12.7 Å². The van der Waals surface area contributed by atoms with Crippen LogP contribution < -0.4 is 5.69 Å². The predicted octanol–water partition coefficient (Wildman–Crippen LogP) is 1.18. The fourth-order valence-electron chi connectivity index (χ4n) is 1.61. The van der Waals surface area contributed by atoms with E-state index in [1.807, 2.05) is 0 Å². The number of nitrogens with zero attached hydrogens (tertiary/aromatic N) is 2. The van der Waals surface area contributed by atoms with Crippen LogP contribution in [0.3, 0.4) is 0 Å². The average Bonchev–Trinajstić information content (AvgIpc) is 2.69. The maximum Gasteiger partial charge on any atom is 0.348 e. The Labute approximate surface area is 111 Å². The number of aryl methyl sites for hydroxylation is 1. The first-order valence-corrected chi connectivity index (χ1v) is 6.26. The summed E-state index contributed by atoms with van der Waals surface area (Å²) < 4.78 is 14.9. The van der Waals surface area contributed by atoms with E-state index in [0.29, 0.717) is 5.56 Å². The van der Waals surface area contributed by atoms with E-state index in [9.17, 15) is 14.0 Å². The smallest absolute Gasteiger partial charge is 0.348 e. The molecule has 2 N–H and O–H groups in total. The number of aliphatic carboxylic acids is 1. The molecule has 6 nitrogen and oxygen atoms in total. The molecule has 100 valence electrons. The summed E-state index contributed by atoms with van der Waals surface area (Å²) in [5.74, 6) is -1.88. The van der Waals surface area contributed by atoms with E-state index < -0.39 is 17.5 Å². The summed E-state index contributed by atoms with van der Waals surface area (Å²) in [5, 5.41) is 14.6. The first kappa shape index (κ1) is 13.3. The first-order chi connectivity index (χ1) is 9.00. The first-order valence-electron chi connectivity index (χ1n) is 5.28. The SMILES string of the molecule is Cc1cccc(F)c1-n1c(SCC(=O)O)n[nH]c1=O. The van der Waals surface area contributed by atoms with Crippen LogP contribution in [0.15, 0.2) is 28.2 Å². The van der Waals surface area contributed by atoms with Gasteiger partial charge in [-0.3, -0.25) is 4.79 Å². The minimum atomic E-state index is -1.04. The minimum absolute atomic E-state index is 0.0779. The number of carbonyl (C=O) groups is 1. The topological polar surface area (TPSA) is 88.0 Å². The maximum atomic E-state index is 13.8. The Bertz CT molecular complexity index is 660. The molecule has 0 radical (unpaired) electrons. The summed E-state index contributed by atoms with van der Waals surface area (Å²) in [4.78, 5) is 22.2. The van der Waals surface area contributed by atoms with Crippen molar-refractivity contribution in [2.75, 3.05) is 5.75 Å². The third kappa shape index (κ3) is 2.68. The van der Waals surface area contributed by atoms with Gasteiger partial charge in [0.1, 0.15) is 5.82 Å². The van der Waals surface area contributed by atoms with Gasteiger partial charge in [0.15, 0.2) is 5.16 Å². The number of hydrogen-bond donors (Lipinski definition) is 2. The highest BCUT2D eigenvalue weighted by molar-refractivity contribution is 7.99. The molecule has 0 fully saturated rings. The van der Waals surface area contributed by atoms with Crippen LogP contribution in [0.25, 0.3) is 5.69 Å². The molecule has 19 heavy (non-hydrogen) atoms. The molecule has 1 heterocycles. The number of nitrogens with one attached hydrogen (secondary N) is 1. The average molecular weight is 283 g/mol.